The maximum Gasteiger partial charge on any atom is 0.416 e. The third-order valence-electron chi connectivity index (χ3n) is 2.87. The van der Waals surface area contributed by atoms with Crippen molar-refractivity contribution in [2.45, 2.75) is 25.2 Å². The highest BCUT2D eigenvalue weighted by Gasteiger charge is 2.30. The van der Waals surface area contributed by atoms with Gasteiger partial charge in [-0.05, 0) is 31.0 Å². The number of halogens is 3. The number of nitrogens with two attached hydrogens (primary N) is 2. The Bertz CT molecular complexity index is 567. The Hall–Kier alpha value is -2.45. The summed E-state index contributed by atoms with van der Waals surface area (Å²) in [6, 6.07) is 4.75. The minimum absolute atomic E-state index is 0.172. The maximum atomic E-state index is 12.6. The van der Waals surface area contributed by atoms with Crippen molar-refractivity contribution in [3.8, 4) is 5.75 Å². The zero-order chi connectivity index (χ0) is 16.2. The lowest BCUT2D eigenvalue weighted by molar-refractivity contribution is -0.137. The average molecular weight is 315 g/mol. The Morgan fingerprint density at radius 1 is 1.18 bits per heavy atom. The Balaban J connectivity index is 1.81. The fourth-order valence-electron chi connectivity index (χ4n) is 1.89. The molecule has 1 aromatic rings. The van der Waals surface area contributed by atoms with Gasteiger partial charge in [0.2, 0.25) is 0 Å². The predicted octanol–water partition coefficient (Wildman–Crippen LogP) is 1.42. The molecule has 22 heavy (non-hydrogen) atoms. The number of hydrogen-bond donors (Lipinski definition) is 3. The highest BCUT2D eigenvalue weighted by molar-refractivity contribution is 5.98. The summed E-state index contributed by atoms with van der Waals surface area (Å²) in [6.45, 7) is 0.246. The number of ether oxygens (including phenoxy) is 1. The first-order valence-corrected chi connectivity index (χ1v) is 6.58. The van der Waals surface area contributed by atoms with E-state index in [1.54, 1.807) is 0 Å². The molecule has 0 amide bonds. The number of alkyl halides is 3. The monoisotopic (exact) mass is 315 g/mol. The second-order valence-corrected chi connectivity index (χ2v) is 4.65. The summed E-state index contributed by atoms with van der Waals surface area (Å²) < 4.78 is 43.0. The van der Waals surface area contributed by atoms with Crippen LogP contribution in [-0.2, 0) is 6.18 Å². The molecule has 1 aliphatic rings. The quantitative estimate of drug-likeness (QED) is 0.716. The minimum atomic E-state index is -4.38. The van der Waals surface area contributed by atoms with Crippen molar-refractivity contribution in [2.75, 3.05) is 6.61 Å². The molecule has 5 N–H and O–H groups in total. The number of hydrogen-bond acceptors (Lipinski definition) is 6. The molecule has 0 unspecified atom stereocenters. The van der Waals surface area contributed by atoms with Crippen molar-refractivity contribution in [1.29, 1.82) is 0 Å². The lowest BCUT2D eigenvalue weighted by Crippen LogP contribution is -2.45. The van der Waals surface area contributed by atoms with Gasteiger partial charge in [-0.1, -0.05) is 6.07 Å². The molecule has 0 spiro atoms. The van der Waals surface area contributed by atoms with E-state index in [9.17, 15) is 13.2 Å². The molecule has 1 aliphatic heterocycles. The molecule has 120 valence electrons. The van der Waals surface area contributed by atoms with Gasteiger partial charge >= 0.3 is 6.18 Å². The largest absolute Gasteiger partial charge is 0.494 e. The van der Waals surface area contributed by atoms with Crippen molar-refractivity contribution in [1.82, 2.24) is 5.32 Å². The molecule has 0 fully saturated rings. The van der Waals surface area contributed by atoms with Gasteiger partial charge in [0.25, 0.3) is 0 Å². The van der Waals surface area contributed by atoms with Crippen LogP contribution in [0.5, 0.6) is 5.75 Å². The van der Waals surface area contributed by atoms with E-state index in [-0.39, 0.29) is 24.3 Å². The molecule has 0 aromatic heterocycles. The number of guanidine groups is 2. The highest BCUT2D eigenvalue weighted by atomic mass is 19.4. The van der Waals surface area contributed by atoms with E-state index in [0.29, 0.717) is 12.8 Å². The van der Waals surface area contributed by atoms with Gasteiger partial charge in [-0.2, -0.15) is 13.2 Å². The van der Waals surface area contributed by atoms with Gasteiger partial charge in [0.1, 0.15) is 11.9 Å². The average Bonchev–Trinajstić information content (AvgIpc) is 2.42. The van der Waals surface area contributed by atoms with Crippen molar-refractivity contribution in [3.05, 3.63) is 29.8 Å². The maximum absolute atomic E-state index is 12.6. The molecule has 1 aromatic carbocycles. The van der Waals surface area contributed by atoms with Gasteiger partial charge in [-0.3, -0.25) is 5.32 Å². The van der Waals surface area contributed by atoms with E-state index in [2.05, 4.69) is 15.3 Å². The first-order valence-electron chi connectivity index (χ1n) is 6.58. The highest BCUT2D eigenvalue weighted by Crippen LogP contribution is 2.31. The van der Waals surface area contributed by atoms with Crippen LogP contribution in [0.15, 0.2) is 34.3 Å². The molecule has 9 heteroatoms. The molecule has 0 aliphatic carbocycles. The van der Waals surface area contributed by atoms with Crippen LogP contribution in [0.3, 0.4) is 0 Å². The Labute approximate surface area is 125 Å². The molecule has 0 atom stereocenters. The van der Waals surface area contributed by atoms with Crippen LogP contribution in [0, 0.1) is 0 Å². The summed E-state index contributed by atoms with van der Waals surface area (Å²) in [7, 11) is 0. The van der Waals surface area contributed by atoms with E-state index in [1.165, 1.54) is 12.1 Å². The molecule has 2 rings (SSSR count). The van der Waals surface area contributed by atoms with Crippen LogP contribution >= 0.6 is 0 Å². The molecule has 1 heterocycles. The van der Waals surface area contributed by atoms with Gasteiger partial charge < -0.3 is 16.2 Å². The molecule has 0 radical (unpaired) electrons. The third kappa shape index (κ3) is 4.54. The summed E-state index contributed by atoms with van der Waals surface area (Å²) in [5.74, 6) is 0.554. The minimum Gasteiger partial charge on any atom is -0.494 e. The number of nitrogens with one attached hydrogen (secondary N) is 1. The smallest absolute Gasteiger partial charge is 0.416 e. The van der Waals surface area contributed by atoms with Gasteiger partial charge in [-0.25, -0.2) is 9.98 Å². The number of benzene rings is 1. The zero-order valence-electron chi connectivity index (χ0n) is 11.6. The first-order chi connectivity index (χ1) is 10.3. The SMILES string of the molecule is NC1=NC(CCCOc2cccc(C(F)(F)F)c2)N=C(N)N1. The van der Waals surface area contributed by atoms with E-state index < -0.39 is 17.9 Å². The van der Waals surface area contributed by atoms with Crippen LogP contribution in [0.1, 0.15) is 18.4 Å². The van der Waals surface area contributed by atoms with Crippen molar-refractivity contribution in [3.63, 3.8) is 0 Å². The second-order valence-electron chi connectivity index (χ2n) is 4.65. The van der Waals surface area contributed by atoms with Crippen molar-refractivity contribution >= 4 is 11.9 Å². The Morgan fingerprint density at radius 3 is 2.50 bits per heavy atom. The molecule has 0 bridgehead atoms. The molecule has 6 nitrogen and oxygen atoms in total. The number of rotatable bonds is 5. The molecular formula is C13H16F3N5O. The van der Waals surface area contributed by atoms with E-state index in [4.69, 9.17) is 16.2 Å². The predicted molar refractivity (Wildman–Crippen MR) is 76.3 cm³/mol. The van der Waals surface area contributed by atoms with E-state index in [1.807, 2.05) is 0 Å². The first kappa shape index (κ1) is 15.9. The standard InChI is InChI=1S/C13H16F3N5O/c14-13(15,16)8-3-1-4-9(7-8)22-6-2-5-10-19-11(17)21-12(18)20-10/h1,3-4,7,10H,2,5-6H2,(H5,17,18,19,20,21). The fourth-order valence-corrected chi connectivity index (χ4v) is 1.89. The van der Waals surface area contributed by atoms with Gasteiger partial charge in [0.15, 0.2) is 11.9 Å². The van der Waals surface area contributed by atoms with E-state index >= 15 is 0 Å². The summed E-state index contributed by atoms with van der Waals surface area (Å²) in [5.41, 5.74) is 10.3. The molecule has 0 saturated carbocycles. The third-order valence-corrected chi connectivity index (χ3v) is 2.87. The molecular weight excluding hydrogens is 299 g/mol. The van der Waals surface area contributed by atoms with Crippen LogP contribution in [0.4, 0.5) is 13.2 Å². The van der Waals surface area contributed by atoms with Crippen molar-refractivity contribution in [2.24, 2.45) is 21.5 Å². The lowest BCUT2D eigenvalue weighted by atomic mass is 10.2. The summed E-state index contributed by atoms with van der Waals surface area (Å²) in [4.78, 5) is 8.07. The van der Waals surface area contributed by atoms with Crippen LogP contribution in [-0.4, -0.2) is 24.7 Å². The number of nitrogens with zero attached hydrogens (tertiary/aromatic N) is 2. The Morgan fingerprint density at radius 2 is 1.86 bits per heavy atom. The Kier molecular flexibility index (Phi) is 4.74. The fraction of sp³-hybridized carbons (Fsp3) is 0.385. The van der Waals surface area contributed by atoms with Crippen molar-refractivity contribution < 1.29 is 17.9 Å². The second kappa shape index (κ2) is 6.54. The normalized spacial score (nSPS) is 15.8. The summed E-state index contributed by atoms with van der Waals surface area (Å²) >= 11 is 0. The topological polar surface area (TPSA) is 98.0 Å². The summed E-state index contributed by atoms with van der Waals surface area (Å²) in [5, 5.41) is 2.56. The molecule has 0 saturated heterocycles. The summed E-state index contributed by atoms with van der Waals surface area (Å²) in [6.07, 6.45) is -3.70. The van der Waals surface area contributed by atoms with E-state index in [0.717, 1.165) is 12.1 Å². The van der Waals surface area contributed by atoms with Crippen LogP contribution in [0.2, 0.25) is 0 Å². The van der Waals surface area contributed by atoms with Gasteiger partial charge in [0, 0.05) is 0 Å². The van der Waals surface area contributed by atoms with Crippen LogP contribution < -0.4 is 21.5 Å². The van der Waals surface area contributed by atoms with Crippen LogP contribution in [0.25, 0.3) is 0 Å². The van der Waals surface area contributed by atoms with Gasteiger partial charge in [-0.15, -0.1) is 0 Å². The lowest BCUT2D eigenvalue weighted by Gasteiger charge is -2.16. The number of aliphatic imine (C=N–C) groups is 2. The van der Waals surface area contributed by atoms with Gasteiger partial charge in [0.05, 0.1) is 12.2 Å². The zero-order valence-corrected chi connectivity index (χ0v) is 11.6.